The fraction of sp³-hybridized carbons (Fsp3) is 1.00. The molecule has 0 aromatic rings. The van der Waals surface area contributed by atoms with Crippen LogP contribution in [-0.2, 0) is 0 Å². The van der Waals surface area contributed by atoms with Crippen LogP contribution >= 0.6 is 0 Å². The van der Waals surface area contributed by atoms with Gasteiger partial charge in [-0.1, -0.05) is 6.42 Å². The van der Waals surface area contributed by atoms with Gasteiger partial charge in [-0.25, -0.2) is 0 Å². The SMILES string of the molecule is CNC1CCCC1CN1CCN(C)C(C)(C)C1. The molecule has 1 N–H and O–H groups in total. The van der Waals surface area contributed by atoms with Crippen LogP contribution in [-0.4, -0.2) is 61.7 Å². The van der Waals surface area contributed by atoms with E-state index >= 15 is 0 Å². The fourth-order valence-electron chi connectivity index (χ4n) is 3.46. The van der Waals surface area contributed by atoms with Gasteiger partial charge in [-0.15, -0.1) is 0 Å². The first-order valence-corrected chi connectivity index (χ1v) is 7.14. The summed E-state index contributed by atoms with van der Waals surface area (Å²) in [4.78, 5) is 5.17. The fourth-order valence-corrected chi connectivity index (χ4v) is 3.46. The van der Waals surface area contributed by atoms with E-state index in [0.717, 1.165) is 12.0 Å². The van der Waals surface area contributed by atoms with Crippen molar-refractivity contribution in [3.63, 3.8) is 0 Å². The number of hydrogen-bond acceptors (Lipinski definition) is 3. The van der Waals surface area contributed by atoms with Crippen molar-refractivity contribution in [2.45, 2.75) is 44.7 Å². The molecule has 1 heterocycles. The normalized spacial score (nSPS) is 35.3. The van der Waals surface area contributed by atoms with Crippen molar-refractivity contribution >= 4 is 0 Å². The average Bonchev–Trinajstić information content (AvgIpc) is 2.70. The third kappa shape index (κ3) is 3.01. The maximum Gasteiger partial charge on any atom is 0.0277 e. The molecule has 2 aliphatic rings. The largest absolute Gasteiger partial charge is 0.317 e. The number of nitrogens with zero attached hydrogens (tertiary/aromatic N) is 2. The van der Waals surface area contributed by atoms with E-state index < -0.39 is 0 Å². The highest BCUT2D eigenvalue weighted by Gasteiger charge is 2.34. The Labute approximate surface area is 107 Å². The van der Waals surface area contributed by atoms with Gasteiger partial charge in [0.05, 0.1) is 0 Å². The zero-order chi connectivity index (χ0) is 12.5. The second-order valence-electron chi connectivity index (χ2n) is 6.56. The highest BCUT2D eigenvalue weighted by atomic mass is 15.3. The minimum atomic E-state index is 0.339. The Bertz CT molecular complexity index is 252. The Kier molecular flexibility index (Phi) is 4.11. The third-order valence-corrected chi connectivity index (χ3v) is 4.92. The van der Waals surface area contributed by atoms with Crippen LogP contribution < -0.4 is 5.32 Å². The standard InChI is InChI=1S/C14H29N3/c1-14(2)11-17(9-8-16(14)4)10-12-6-5-7-13(12)15-3/h12-13,15H,5-11H2,1-4H3. The summed E-state index contributed by atoms with van der Waals surface area (Å²) in [5.41, 5.74) is 0.339. The summed E-state index contributed by atoms with van der Waals surface area (Å²) in [6, 6.07) is 0.762. The molecule has 0 amide bonds. The molecule has 2 fully saturated rings. The summed E-state index contributed by atoms with van der Waals surface area (Å²) in [6.07, 6.45) is 4.20. The molecule has 2 atom stereocenters. The Morgan fingerprint density at radius 2 is 2.00 bits per heavy atom. The lowest BCUT2D eigenvalue weighted by atomic mass is 9.97. The Balaban J connectivity index is 1.87. The lowest BCUT2D eigenvalue weighted by Crippen LogP contribution is -2.58. The molecule has 1 saturated carbocycles. The molecule has 100 valence electrons. The third-order valence-electron chi connectivity index (χ3n) is 4.92. The molecule has 2 unspecified atom stereocenters. The first kappa shape index (κ1) is 13.3. The number of likely N-dealkylation sites (N-methyl/N-ethyl adjacent to an activating group) is 1. The van der Waals surface area contributed by atoms with Crippen LogP contribution in [0.25, 0.3) is 0 Å². The van der Waals surface area contributed by atoms with Crippen LogP contribution in [0.3, 0.4) is 0 Å². The van der Waals surface area contributed by atoms with E-state index in [0.29, 0.717) is 5.54 Å². The smallest absolute Gasteiger partial charge is 0.0277 e. The molecular weight excluding hydrogens is 210 g/mol. The van der Waals surface area contributed by atoms with Crippen molar-refractivity contribution in [2.24, 2.45) is 5.92 Å². The highest BCUT2D eigenvalue weighted by molar-refractivity contribution is 4.91. The van der Waals surface area contributed by atoms with E-state index in [9.17, 15) is 0 Å². The second kappa shape index (κ2) is 5.25. The minimum Gasteiger partial charge on any atom is -0.317 e. The summed E-state index contributed by atoms with van der Waals surface area (Å²) in [7, 11) is 4.38. The Morgan fingerprint density at radius 3 is 2.65 bits per heavy atom. The lowest BCUT2D eigenvalue weighted by Gasteiger charge is -2.46. The lowest BCUT2D eigenvalue weighted by molar-refractivity contribution is 0.0306. The van der Waals surface area contributed by atoms with Crippen molar-refractivity contribution in [1.82, 2.24) is 15.1 Å². The van der Waals surface area contributed by atoms with Gasteiger partial charge >= 0.3 is 0 Å². The number of piperazine rings is 1. The molecule has 0 aromatic carbocycles. The first-order valence-electron chi connectivity index (χ1n) is 7.14. The number of hydrogen-bond donors (Lipinski definition) is 1. The molecule has 3 nitrogen and oxygen atoms in total. The molecule has 17 heavy (non-hydrogen) atoms. The average molecular weight is 239 g/mol. The summed E-state index contributed by atoms with van der Waals surface area (Å²) >= 11 is 0. The molecule has 3 heteroatoms. The molecule has 1 aliphatic heterocycles. The second-order valence-corrected chi connectivity index (χ2v) is 6.56. The molecule has 0 radical (unpaired) electrons. The van der Waals surface area contributed by atoms with E-state index in [1.165, 1.54) is 45.4 Å². The van der Waals surface area contributed by atoms with Crippen LogP contribution in [0.5, 0.6) is 0 Å². The maximum atomic E-state index is 3.50. The van der Waals surface area contributed by atoms with Crippen LogP contribution in [0.4, 0.5) is 0 Å². The van der Waals surface area contributed by atoms with Crippen LogP contribution in [0.2, 0.25) is 0 Å². The predicted molar refractivity (Wildman–Crippen MR) is 73.3 cm³/mol. The summed E-state index contributed by atoms with van der Waals surface area (Å²) in [5, 5.41) is 3.50. The highest BCUT2D eigenvalue weighted by Crippen LogP contribution is 2.28. The van der Waals surface area contributed by atoms with Gasteiger partial charge in [0.1, 0.15) is 0 Å². The van der Waals surface area contributed by atoms with Gasteiger partial charge < -0.3 is 5.32 Å². The van der Waals surface area contributed by atoms with Gasteiger partial charge in [0, 0.05) is 37.8 Å². The quantitative estimate of drug-likeness (QED) is 0.803. The Morgan fingerprint density at radius 1 is 1.24 bits per heavy atom. The Hall–Kier alpha value is -0.120. The van der Waals surface area contributed by atoms with E-state index in [2.05, 4.69) is 43.1 Å². The molecule has 1 aliphatic carbocycles. The van der Waals surface area contributed by atoms with E-state index in [1.807, 2.05) is 0 Å². The number of nitrogens with one attached hydrogen (secondary N) is 1. The van der Waals surface area contributed by atoms with Crippen LogP contribution in [0.1, 0.15) is 33.1 Å². The van der Waals surface area contributed by atoms with Gasteiger partial charge in [0.2, 0.25) is 0 Å². The van der Waals surface area contributed by atoms with Crippen molar-refractivity contribution in [3.8, 4) is 0 Å². The topological polar surface area (TPSA) is 18.5 Å². The van der Waals surface area contributed by atoms with Gasteiger partial charge in [-0.3, -0.25) is 9.80 Å². The van der Waals surface area contributed by atoms with Crippen molar-refractivity contribution in [1.29, 1.82) is 0 Å². The molecule has 0 spiro atoms. The monoisotopic (exact) mass is 239 g/mol. The zero-order valence-corrected chi connectivity index (χ0v) is 12.0. The van der Waals surface area contributed by atoms with E-state index in [1.54, 1.807) is 0 Å². The minimum absolute atomic E-state index is 0.339. The van der Waals surface area contributed by atoms with Crippen LogP contribution in [0, 0.1) is 5.92 Å². The van der Waals surface area contributed by atoms with Gasteiger partial charge in [-0.2, -0.15) is 0 Å². The molecule has 1 saturated heterocycles. The summed E-state index contributed by atoms with van der Waals surface area (Å²) < 4.78 is 0. The van der Waals surface area contributed by atoms with E-state index in [4.69, 9.17) is 0 Å². The summed E-state index contributed by atoms with van der Waals surface area (Å²) in [5.74, 6) is 0.874. The molecule has 0 bridgehead atoms. The van der Waals surface area contributed by atoms with Crippen molar-refractivity contribution in [2.75, 3.05) is 40.3 Å². The first-order chi connectivity index (χ1) is 8.03. The van der Waals surface area contributed by atoms with Crippen LogP contribution in [0.15, 0.2) is 0 Å². The van der Waals surface area contributed by atoms with Gasteiger partial charge in [-0.05, 0) is 46.7 Å². The predicted octanol–water partition coefficient (Wildman–Crippen LogP) is 1.40. The molecular formula is C14H29N3. The zero-order valence-electron chi connectivity index (χ0n) is 12.0. The van der Waals surface area contributed by atoms with Crippen molar-refractivity contribution < 1.29 is 0 Å². The summed E-state index contributed by atoms with van der Waals surface area (Å²) in [6.45, 7) is 9.70. The van der Waals surface area contributed by atoms with E-state index in [-0.39, 0.29) is 0 Å². The molecule has 0 aromatic heterocycles. The van der Waals surface area contributed by atoms with Gasteiger partial charge in [0.15, 0.2) is 0 Å². The molecule has 2 rings (SSSR count). The number of rotatable bonds is 3. The van der Waals surface area contributed by atoms with Gasteiger partial charge in [0.25, 0.3) is 0 Å². The van der Waals surface area contributed by atoms with Crippen molar-refractivity contribution in [3.05, 3.63) is 0 Å². The maximum absolute atomic E-state index is 3.50.